The molecule has 0 bridgehead atoms. The van der Waals surface area contributed by atoms with Gasteiger partial charge in [0.2, 0.25) is 0 Å². The van der Waals surface area contributed by atoms with E-state index in [0.717, 1.165) is 15.6 Å². The van der Waals surface area contributed by atoms with Gasteiger partial charge in [0, 0.05) is 10.0 Å². The molecule has 0 aliphatic rings. The average Bonchev–Trinajstić information content (AvgIpc) is 2.75. The highest BCUT2D eigenvalue weighted by molar-refractivity contribution is 9.10. The van der Waals surface area contributed by atoms with E-state index in [0.29, 0.717) is 27.9 Å². The molecule has 3 aromatic rings. The van der Waals surface area contributed by atoms with Crippen LogP contribution in [-0.2, 0) is 6.42 Å². The predicted octanol–water partition coefficient (Wildman–Crippen LogP) is 5.49. The Morgan fingerprint density at radius 1 is 1.16 bits per heavy atom. The van der Waals surface area contributed by atoms with Crippen LogP contribution in [0.1, 0.15) is 11.5 Å². The smallest absolute Gasteiger partial charge is 0.200 e. The van der Waals surface area contributed by atoms with E-state index in [2.05, 4.69) is 20.9 Å². The van der Waals surface area contributed by atoms with Crippen LogP contribution >= 0.6 is 39.1 Å². The second kappa shape index (κ2) is 5.16. The van der Waals surface area contributed by atoms with E-state index in [4.69, 9.17) is 27.6 Å². The van der Waals surface area contributed by atoms with Crippen molar-refractivity contribution < 1.29 is 4.42 Å². The van der Waals surface area contributed by atoms with Crippen molar-refractivity contribution in [3.05, 3.63) is 62.4 Å². The number of benzene rings is 2. The van der Waals surface area contributed by atoms with Crippen LogP contribution in [0.15, 0.2) is 45.3 Å². The molecule has 0 fully saturated rings. The number of hydrogen-bond acceptors (Lipinski definition) is 2. The van der Waals surface area contributed by atoms with Crippen molar-refractivity contribution in [3.63, 3.8) is 0 Å². The summed E-state index contributed by atoms with van der Waals surface area (Å²) in [4.78, 5) is 4.43. The Hall–Kier alpha value is -1.03. The zero-order valence-corrected chi connectivity index (χ0v) is 12.8. The molecule has 0 unspecified atom stereocenters. The van der Waals surface area contributed by atoms with E-state index in [1.54, 1.807) is 12.1 Å². The lowest BCUT2D eigenvalue weighted by atomic mass is 10.1. The van der Waals surface area contributed by atoms with Crippen LogP contribution in [0, 0.1) is 0 Å². The maximum Gasteiger partial charge on any atom is 0.200 e. The Labute approximate surface area is 128 Å². The largest absolute Gasteiger partial charge is 0.439 e. The number of aromatic nitrogens is 1. The Bertz CT molecular complexity index is 754. The molecule has 0 atom stereocenters. The summed E-state index contributed by atoms with van der Waals surface area (Å²) in [7, 11) is 0. The van der Waals surface area contributed by atoms with Gasteiger partial charge in [-0.1, -0.05) is 41.4 Å². The molecule has 19 heavy (non-hydrogen) atoms. The molecule has 0 N–H and O–H groups in total. The lowest BCUT2D eigenvalue weighted by Gasteiger charge is -1.99. The molecule has 0 radical (unpaired) electrons. The molecule has 0 saturated carbocycles. The summed E-state index contributed by atoms with van der Waals surface area (Å²) in [6, 6.07) is 11.2. The first-order chi connectivity index (χ1) is 9.13. The highest BCUT2D eigenvalue weighted by Gasteiger charge is 2.11. The molecule has 5 heteroatoms. The minimum absolute atomic E-state index is 0.554. The van der Waals surface area contributed by atoms with E-state index in [-0.39, 0.29) is 0 Å². The van der Waals surface area contributed by atoms with Crippen molar-refractivity contribution in [2.45, 2.75) is 6.42 Å². The molecule has 0 saturated heterocycles. The van der Waals surface area contributed by atoms with E-state index in [9.17, 15) is 0 Å². The highest BCUT2D eigenvalue weighted by Crippen LogP contribution is 2.30. The molecular weight excluding hydrogens is 349 g/mol. The van der Waals surface area contributed by atoms with Crippen molar-refractivity contribution in [2.24, 2.45) is 0 Å². The third kappa shape index (κ3) is 2.64. The standard InChI is InChI=1S/C14H8BrCl2NO/c15-10-6-9(16)7-12-14(10)19-13(18-12)5-8-3-1-2-4-11(8)17/h1-4,6-7H,5H2. The van der Waals surface area contributed by atoms with E-state index in [1.807, 2.05) is 24.3 Å². The van der Waals surface area contributed by atoms with Gasteiger partial charge < -0.3 is 4.42 Å². The van der Waals surface area contributed by atoms with E-state index in [1.165, 1.54) is 0 Å². The summed E-state index contributed by atoms with van der Waals surface area (Å²) in [6.45, 7) is 0. The molecule has 2 nitrogen and oxygen atoms in total. The van der Waals surface area contributed by atoms with Crippen molar-refractivity contribution in [2.75, 3.05) is 0 Å². The van der Waals surface area contributed by atoms with Gasteiger partial charge in [-0.3, -0.25) is 0 Å². The van der Waals surface area contributed by atoms with E-state index < -0.39 is 0 Å². The Morgan fingerprint density at radius 3 is 2.74 bits per heavy atom. The normalized spacial score (nSPS) is 11.1. The monoisotopic (exact) mass is 355 g/mol. The topological polar surface area (TPSA) is 26.0 Å². The molecule has 0 amide bonds. The molecular formula is C14H8BrCl2NO. The van der Waals surface area contributed by atoms with Gasteiger partial charge in [-0.15, -0.1) is 0 Å². The zero-order valence-electron chi connectivity index (χ0n) is 9.66. The van der Waals surface area contributed by atoms with Crippen molar-refractivity contribution in [3.8, 4) is 0 Å². The van der Waals surface area contributed by atoms with Gasteiger partial charge in [0.05, 0.1) is 10.9 Å². The first kappa shape index (κ1) is 13.0. The van der Waals surface area contributed by atoms with Gasteiger partial charge in [-0.05, 0) is 39.7 Å². The lowest BCUT2D eigenvalue weighted by molar-refractivity contribution is 0.543. The predicted molar refractivity (Wildman–Crippen MR) is 81.0 cm³/mol. The van der Waals surface area contributed by atoms with Crippen molar-refractivity contribution in [1.82, 2.24) is 4.98 Å². The fourth-order valence-corrected chi connectivity index (χ4v) is 2.96. The first-order valence-electron chi connectivity index (χ1n) is 5.61. The number of oxazole rings is 1. The van der Waals surface area contributed by atoms with Crippen LogP contribution in [-0.4, -0.2) is 4.98 Å². The van der Waals surface area contributed by atoms with Gasteiger partial charge in [0.25, 0.3) is 0 Å². The summed E-state index contributed by atoms with van der Waals surface area (Å²) >= 11 is 15.5. The number of hydrogen-bond donors (Lipinski definition) is 0. The van der Waals surface area contributed by atoms with Crippen LogP contribution in [0.25, 0.3) is 11.1 Å². The van der Waals surface area contributed by atoms with Crippen molar-refractivity contribution >= 4 is 50.2 Å². The number of nitrogens with zero attached hydrogens (tertiary/aromatic N) is 1. The maximum atomic E-state index is 6.13. The summed E-state index contributed by atoms with van der Waals surface area (Å²) in [5.41, 5.74) is 2.42. The van der Waals surface area contributed by atoms with Crippen LogP contribution in [0.4, 0.5) is 0 Å². The summed E-state index contributed by atoms with van der Waals surface area (Å²) in [5.74, 6) is 0.617. The lowest BCUT2D eigenvalue weighted by Crippen LogP contribution is -1.88. The molecule has 1 aromatic heterocycles. The number of fused-ring (bicyclic) bond motifs is 1. The minimum atomic E-state index is 0.554. The second-order valence-electron chi connectivity index (χ2n) is 4.11. The Kier molecular flexibility index (Phi) is 3.52. The number of rotatable bonds is 2. The fourth-order valence-electron chi connectivity index (χ4n) is 1.89. The van der Waals surface area contributed by atoms with Gasteiger partial charge >= 0.3 is 0 Å². The average molecular weight is 357 g/mol. The zero-order chi connectivity index (χ0) is 13.4. The maximum absolute atomic E-state index is 6.13. The summed E-state index contributed by atoms with van der Waals surface area (Å²) in [6.07, 6.45) is 0.554. The Balaban J connectivity index is 2.03. The summed E-state index contributed by atoms with van der Waals surface area (Å²) in [5, 5.41) is 1.33. The molecule has 96 valence electrons. The van der Waals surface area contributed by atoms with Crippen LogP contribution in [0.3, 0.4) is 0 Å². The Morgan fingerprint density at radius 2 is 1.95 bits per heavy atom. The quantitative estimate of drug-likeness (QED) is 0.606. The van der Waals surface area contributed by atoms with Gasteiger partial charge in [0.1, 0.15) is 5.52 Å². The number of halogens is 3. The third-order valence-corrected chi connectivity index (χ3v) is 3.93. The third-order valence-electron chi connectivity index (χ3n) is 2.75. The van der Waals surface area contributed by atoms with Crippen molar-refractivity contribution in [1.29, 1.82) is 0 Å². The highest BCUT2D eigenvalue weighted by atomic mass is 79.9. The molecule has 3 rings (SSSR count). The minimum Gasteiger partial charge on any atom is -0.439 e. The molecule has 0 aliphatic carbocycles. The van der Waals surface area contributed by atoms with Crippen LogP contribution < -0.4 is 0 Å². The first-order valence-corrected chi connectivity index (χ1v) is 7.16. The van der Waals surface area contributed by atoms with Crippen LogP contribution in [0.5, 0.6) is 0 Å². The van der Waals surface area contributed by atoms with Gasteiger partial charge in [0.15, 0.2) is 11.5 Å². The molecule has 0 aliphatic heterocycles. The fraction of sp³-hybridized carbons (Fsp3) is 0.0714. The molecule has 1 heterocycles. The van der Waals surface area contributed by atoms with Gasteiger partial charge in [-0.2, -0.15) is 0 Å². The van der Waals surface area contributed by atoms with Crippen LogP contribution in [0.2, 0.25) is 10.0 Å². The van der Waals surface area contributed by atoms with Gasteiger partial charge in [-0.25, -0.2) is 4.98 Å². The molecule has 0 spiro atoms. The second-order valence-corrected chi connectivity index (χ2v) is 5.81. The summed E-state index contributed by atoms with van der Waals surface area (Å²) < 4.78 is 6.54. The molecule has 2 aromatic carbocycles. The SMILES string of the molecule is Clc1cc(Br)c2oc(Cc3ccccc3Cl)nc2c1. The van der Waals surface area contributed by atoms with E-state index >= 15 is 0 Å².